The molecule has 3 aromatic rings. The molecule has 27 heavy (non-hydrogen) atoms. The standard InChI is InChI=1S/C24H22O3/c25-23(26-17-19-9-3-1-4-10-19)24(27-18-20-11-5-2-6-12-20)16-15-21-13-7-8-14-22(21)24/h1-14H,15-18H2. The topological polar surface area (TPSA) is 35.5 Å². The molecule has 0 aliphatic heterocycles. The van der Waals surface area contributed by atoms with Crippen molar-refractivity contribution in [1.82, 2.24) is 0 Å². The van der Waals surface area contributed by atoms with Crippen molar-refractivity contribution in [2.75, 3.05) is 0 Å². The van der Waals surface area contributed by atoms with Crippen molar-refractivity contribution < 1.29 is 14.3 Å². The van der Waals surface area contributed by atoms with Crippen LogP contribution in [0.5, 0.6) is 0 Å². The number of benzene rings is 3. The highest BCUT2D eigenvalue weighted by Gasteiger charge is 2.48. The van der Waals surface area contributed by atoms with Gasteiger partial charge in [-0.15, -0.1) is 0 Å². The van der Waals surface area contributed by atoms with E-state index in [1.54, 1.807) is 0 Å². The van der Waals surface area contributed by atoms with Crippen LogP contribution in [0, 0.1) is 0 Å². The van der Waals surface area contributed by atoms with Gasteiger partial charge in [-0.05, 0) is 35.1 Å². The Labute approximate surface area is 159 Å². The first-order valence-corrected chi connectivity index (χ1v) is 9.25. The minimum absolute atomic E-state index is 0.248. The number of hydrogen-bond acceptors (Lipinski definition) is 3. The van der Waals surface area contributed by atoms with Crippen molar-refractivity contribution in [2.45, 2.75) is 31.7 Å². The van der Waals surface area contributed by atoms with Gasteiger partial charge < -0.3 is 9.47 Å². The number of rotatable bonds is 6. The van der Waals surface area contributed by atoms with Crippen molar-refractivity contribution in [2.24, 2.45) is 0 Å². The molecule has 1 unspecified atom stereocenters. The average Bonchev–Trinajstić information content (AvgIpc) is 3.12. The molecule has 0 aromatic heterocycles. The molecule has 0 saturated heterocycles. The van der Waals surface area contributed by atoms with Crippen LogP contribution >= 0.6 is 0 Å². The van der Waals surface area contributed by atoms with Crippen LogP contribution in [0.15, 0.2) is 84.9 Å². The van der Waals surface area contributed by atoms with E-state index < -0.39 is 5.60 Å². The van der Waals surface area contributed by atoms with Crippen molar-refractivity contribution in [3.05, 3.63) is 107 Å². The summed E-state index contributed by atoms with van der Waals surface area (Å²) in [4.78, 5) is 13.2. The molecule has 0 radical (unpaired) electrons. The Hall–Kier alpha value is -2.91. The van der Waals surface area contributed by atoms with E-state index in [-0.39, 0.29) is 12.6 Å². The highest BCUT2D eigenvalue weighted by atomic mass is 16.6. The molecule has 1 atom stereocenters. The van der Waals surface area contributed by atoms with Gasteiger partial charge in [0.15, 0.2) is 5.60 Å². The zero-order valence-corrected chi connectivity index (χ0v) is 15.1. The van der Waals surface area contributed by atoms with Gasteiger partial charge in [0, 0.05) is 0 Å². The van der Waals surface area contributed by atoms with Crippen LogP contribution in [0.2, 0.25) is 0 Å². The van der Waals surface area contributed by atoms with Gasteiger partial charge in [0.05, 0.1) is 6.61 Å². The van der Waals surface area contributed by atoms with E-state index in [1.807, 2.05) is 78.9 Å². The summed E-state index contributed by atoms with van der Waals surface area (Å²) in [5.41, 5.74) is 3.05. The minimum Gasteiger partial charge on any atom is -0.458 e. The maximum absolute atomic E-state index is 13.2. The largest absolute Gasteiger partial charge is 0.458 e. The summed E-state index contributed by atoms with van der Waals surface area (Å²) >= 11 is 0. The van der Waals surface area contributed by atoms with Gasteiger partial charge in [-0.2, -0.15) is 0 Å². The highest BCUT2D eigenvalue weighted by Crippen LogP contribution is 2.41. The average molecular weight is 358 g/mol. The number of esters is 1. The highest BCUT2D eigenvalue weighted by molar-refractivity contribution is 5.83. The second-order valence-corrected chi connectivity index (χ2v) is 6.82. The summed E-state index contributed by atoms with van der Waals surface area (Å²) < 4.78 is 12.0. The Bertz CT molecular complexity index is 905. The molecular formula is C24H22O3. The van der Waals surface area contributed by atoms with Crippen molar-refractivity contribution in [1.29, 1.82) is 0 Å². The van der Waals surface area contributed by atoms with E-state index in [9.17, 15) is 4.79 Å². The van der Waals surface area contributed by atoms with E-state index in [4.69, 9.17) is 9.47 Å². The van der Waals surface area contributed by atoms with Crippen LogP contribution in [-0.2, 0) is 39.5 Å². The van der Waals surface area contributed by atoms with Crippen LogP contribution in [0.25, 0.3) is 0 Å². The monoisotopic (exact) mass is 358 g/mol. The third-order valence-corrected chi connectivity index (χ3v) is 5.07. The Kier molecular flexibility index (Phi) is 5.03. The first-order valence-electron chi connectivity index (χ1n) is 9.25. The van der Waals surface area contributed by atoms with Crippen molar-refractivity contribution >= 4 is 5.97 Å². The van der Waals surface area contributed by atoms with Gasteiger partial charge >= 0.3 is 5.97 Å². The molecule has 1 aliphatic rings. The predicted molar refractivity (Wildman–Crippen MR) is 104 cm³/mol. The molecule has 0 bridgehead atoms. The summed E-state index contributed by atoms with van der Waals surface area (Å²) in [5, 5.41) is 0. The predicted octanol–water partition coefficient (Wildman–Crippen LogP) is 4.79. The molecule has 3 heteroatoms. The zero-order valence-electron chi connectivity index (χ0n) is 15.1. The lowest BCUT2D eigenvalue weighted by Gasteiger charge is -2.28. The normalized spacial score (nSPS) is 18.1. The minimum atomic E-state index is -1.04. The number of hydrogen-bond donors (Lipinski definition) is 0. The van der Waals surface area contributed by atoms with Crippen molar-refractivity contribution in [3.8, 4) is 0 Å². The summed E-state index contributed by atoms with van der Waals surface area (Å²) in [6.07, 6.45) is 1.41. The van der Waals surface area contributed by atoms with E-state index in [1.165, 1.54) is 0 Å². The SMILES string of the molecule is O=C(OCc1ccccc1)C1(OCc2ccccc2)CCc2ccccc21. The number of ether oxygens (including phenoxy) is 2. The fourth-order valence-electron chi connectivity index (χ4n) is 3.62. The summed E-state index contributed by atoms with van der Waals surface area (Å²) in [5.74, 6) is -0.313. The maximum atomic E-state index is 13.2. The van der Waals surface area contributed by atoms with Gasteiger partial charge in [0.2, 0.25) is 0 Å². The van der Waals surface area contributed by atoms with Gasteiger partial charge in [0.25, 0.3) is 0 Å². The lowest BCUT2D eigenvalue weighted by molar-refractivity contribution is -0.178. The van der Waals surface area contributed by atoms with Crippen LogP contribution < -0.4 is 0 Å². The van der Waals surface area contributed by atoms with Gasteiger partial charge in [-0.25, -0.2) is 4.79 Å². The second-order valence-electron chi connectivity index (χ2n) is 6.82. The molecule has 4 rings (SSSR count). The Morgan fingerprint density at radius 1 is 0.778 bits per heavy atom. The third kappa shape index (κ3) is 3.64. The third-order valence-electron chi connectivity index (χ3n) is 5.07. The molecule has 0 saturated carbocycles. The van der Waals surface area contributed by atoms with Crippen LogP contribution in [0.1, 0.15) is 28.7 Å². The first-order chi connectivity index (χ1) is 13.3. The van der Waals surface area contributed by atoms with E-state index >= 15 is 0 Å². The maximum Gasteiger partial charge on any atom is 0.343 e. The summed E-state index contributed by atoms with van der Waals surface area (Å²) in [7, 11) is 0. The van der Waals surface area contributed by atoms with Crippen molar-refractivity contribution in [3.63, 3.8) is 0 Å². The van der Waals surface area contributed by atoms with Gasteiger partial charge in [-0.1, -0.05) is 84.9 Å². The summed E-state index contributed by atoms with van der Waals surface area (Å²) in [6, 6.07) is 27.7. The molecule has 136 valence electrons. The summed E-state index contributed by atoms with van der Waals surface area (Å²) in [6.45, 7) is 0.619. The molecule has 0 fully saturated rings. The molecule has 3 nitrogen and oxygen atoms in total. The van der Waals surface area contributed by atoms with E-state index in [2.05, 4.69) is 6.07 Å². The molecule has 0 amide bonds. The van der Waals surface area contributed by atoms with Crippen LogP contribution in [0.4, 0.5) is 0 Å². The fraction of sp³-hybridized carbons (Fsp3) is 0.208. The van der Waals surface area contributed by atoms with E-state index in [0.29, 0.717) is 13.0 Å². The quantitative estimate of drug-likeness (QED) is 0.595. The Morgan fingerprint density at radius 3 is 2.07 bits per heavy atom. The number of carbonyl (C=O) groups is 1. The van der Waals surface area contributed by atoms with Crippen LogP contribution in [0.3, 0.4) is 0 Å². The molecule has 0 spiro atoms. The van der Waals surface area contributed by atoms with Gasteiger partial charge in [0.1, 0.15) is 6.61 Å². The fourth-order valence-corrected chi connectivity index (χ4v) is 3.62. The lowest BCUT2D eigenvalue weighted by atomic mass is 9.95. The Morgan fingerprint density at radius 2 is 1.37 bits per heavy atom. The van der Waals surface area contributed by atoms with Crippen LogP contribution in [-0.4, -0.2) is 5.97 Å². The molecule has 0 N–H and O–H groups in total. The van der Waals surface area contributed by atoms with E-state index in [0.717, 1.165) is 28.7 Å². The number of aryl methyl sites for hydroxylation is 1. The zero-order chi connectivity index (χ0) is 18.5. The molecule has 0 heterocycles. The second kappa shape index (κ2) is 7.77. The van der Waals surface area contributed by atoms with Gasteiger partial charge in [-0.3, -0.25) is 0 Å². The number of fused-ring (bicyclic) bond motifs is 1. The number of carbonyl (C=O) groups excluding carboxylic acids is 1. The smallest absolute Gasteiger partial charge is 0.343 e. The molecule has 1 aliphatic carbocycles. The first kappa shape index (κ1) is 17.5. The Balaban J connectivity index is 1.57. The lowest BCUT2D eigenvalue weighted by Crippen LogP contribution is -2.38. The molecular weight excluding hydrogens is 336 g/mol. The molecule has 3 aromatic carbocycles.